The van der Waals surface area contributed by atoms with Gasteiger partial charge in [0.2, 0.25) is 0 Å². The third kappa shape index (κ3) is 4.71. The molecule has 1 aliphatic heterocycles. The van der Waals surface area contributed by atoms with Crippen LogP contribution < -0.4 is 10.2 Å². The Morgan fingerprint density at radius 1 is 1.32 bits per heavy atom. The average Bonchev–Trinajstić information content (AvgIpc) is 2.63. The molecule has 0 spiro atoms. The summed E-state index contributed by atoms with van der Waals surface area (Å²) in [4.78, 5) is 19.0. The molecule has 0 unspecified atom stereocenters. The number of anilines is 2. The normalized spacial score (nSPS) is 15.2. The van der Waals surface area contributed by atoms with E-state index in [1.165, 1.54) is 0 Å². The molecule has 3 rings (SSSR count). The number of amides is 1. The maximum absolute atomic E-state index is 12.3. The number of hydrogen-bond donors (Lipinski definition) is 1. The molecule has 2 aromatic rings. The molecule has 1 aliphatic rings. The molecule has 0 radical (unpaired) electrons. The number of benzene rings is 1. The summed E-state index contributed by atoms with van der Waals surface area (Å²) in [5.74, 6) is 1.35. The molecule has 0 bridgehead atoms. The highest BCUT2D eigenvalue weighted by Gasteiger charge is 2.20. The lowest BCUT2D eigenvalue weighted by atomic mass is 9.98. The minimum Gasteiger partial charge on any atom is -0.384 e. The van der Waals surface area contributed by atoms with Crippen LogP contribution in [0, 0.1) is 5.92 Å². The lowest BCUT2D eigenvalue weighted by Crippen LogP contribution is -2.35. The molecule has 132 valence electrons. The zero-order chi connectivity index (χ0) is 17.6. The number of carbonyl (C=O) groups excluding carboxylic acids is 1. The number of carbonyl (C=O) groups is 1. The summed E-state index contributed by atoms with van der Waals surface area (Å²) in [6, 6.07) is 10.8. The monoisotopic (exact) mass is 359 g/mol. The second-order valence-corrected chi connectivity index (χ2v) is 6.69. The Balaban J connectivity index is 1.59. The van der Waals surface area contributed by atoms with Gasteiger partial charge in [0.05, 0.1) is 5.56 Å². The molecule has 1 saturated heterocycles. The van der Waals surface area contributed by atoms with Crippen LogP contribution in [-0.4, -0.2) is 37.7 Å². The smallest absolute Gasteiger partial charge is 0.257 e. The number of methoxy groups -OCH3 is 1. The number of hydrogen-bond acceptors (Lipinski definition) is 4. The standard InChI is InChI=1S/C19H22ClN3O2/c1-25-13-14-7-9-23(10-8-14)18-6-5-15(12-21-18)19(24)22-17-4-2-3-16(20)11-17/h2-6,11-12,14H,7-10,13H2,1H3,(H,22,24). The van der Waals surface area contributed by atoms with Gasteiger partial charge in [-0.1, -0.05) is 17.7 Å². The van der Waals surface area contributed by atoms with E-state index in [0.29, 0.717) is 22.2 Å². The van der Waals surface area contributed by atoms with Gasteiger partial charge in [-0.25, -0.2) is 4.98 Å². The van der Waals surface area contributed by atoms with Gasteiger partial charge in [-0.2, -0.15) is 0 Å². The van der Waals surface area contributed by atoms with E-state index in [2.05, 4.69) is 15.2 Å². The third-order valence-electron chi connectivity index (χ3n) is 4.43. The van der Waals surface area contributed by atoms with E-state index in [-0.39, 0.29) is 5.91 Å². The fourth-order valence-electron chi connectivity index (χ4n) is 3.04. The van der Waals surface area contributed by atoms with Gasteiger partial charge in [0, 0.05) is 43.7 Å². The molecule has 1 amide bonds. The number of ether oxygens (including phenoxy) is 1. The van der Waals surface area contributed by atoms with Crippen molar-refractivity contribution in [2.75, 3.05) is 37.0 Å². The number of rotatable bonds is 5. The van der Waals surface area contributed by atoms with Crippen LogP contribution in [0.2, 0.25) is 5.02 Å². The molecule has 2 heterocycles. The van der Waals surface area contributed by atoms with E-state index >= 15 is 0 Å². The third-order valence-corrected chi connectivity index (χ3v) is 4.67. The summed E-state index contributed by atoms with van der Waals surface area (Å²) in [6.07, 6.45) is 3.83. The molecule has 1 aromatic carbocycles. The highest BCUT2D eigenvalue weighted by molar-refractivity contribution is 6.30. The zero-order valence-electron chi connectivity index (χ0n) is 14.2. The van der Waals surface area contributed by atoms with Crippen molar-refractivity contribution >= 4 is 29.0 Å². The molecule has 0 atom stereocenters. The first-order valence-electron chi connectivity index (χ1n) is 8.42. The van der Waals surface area contributed by atoms with Crippen LogP contribution in [0.4, 0.5) is 11.5 Å². The average molecular weight is 360 g/mol. The number of aromatic nitrogens is 1. The SMILES string of the molecule is COCC1CCN(c2ccc(C(=O)Nc3cccc(Cl)c3)cn2)CC1. The van der Waals surface area contributed by atoms with Crippen LogP contribution in [0.5, 0.6) is 0 Å². The quantitative estimate of drug-likeness (QED) is 0.881. The largest absolute Gasteiger partial charge is 0.384 e. The van der Waals surface area contributed by atoms with Crippen molar-refractivity contribution in [2.24, 2.45) is 5.92 Å². The van der Waals surface area contributed by atoms with Crippen molar-refractivity contribution in [2.45, 2.75) is 12.8 Å². The van der Waals surface area contributed by atoms with E-state index in [1.54, 1.807) is 37.6 Å². The van der Waals surface area contributed by atoms with Crippen LogP contribution in [-0.2, 0) is 4.74 Å². The lowest BCUT2D eigenvalue weighted by Gasteiger charge is -2.32. The van der Waals surface area contributed by atoms with E-state index in [0.717, 1.165) is 38.4 Å². The fourth-order valence-corrected chi connectivity index (χ4v) is 3.23. The minimum atomic E-state index is -0.194. The maximum Gasteiger partial charge on any atom is 0.257 e. The Morgan fingerprint density at radius 2 is 2.12 bits per heavy atom. The van der Waals surface area contributed by atoms with Gasteiger partial charge in [0.25, 0.3) is 5.91 Å². The van der Waals surface area contributed by atoms with Crippen molar-refractivity contribution in [1.29, 1.82) is 0 Å². The molecule has 1 aromatic heterocycles. The zero-order valence-corrected chi connectivity index (χ0v) is 15.0. The summed E-state index contributed by atoms with van der Waals surface area (Å²) in [5, 5.41) is 3.41. The number of piperidine rings is 1. The number of nitrogens with zero attached hydrogens (tertiary/aromatic N) is 2. The fraction of sp³-hybridized carbons (Fsp3) is 0.368. The second kappa shape index (κ2) is 8.32. The first-order chi connectivity index (χ1) is 12.2. The van der Waals surface area contributed by atoms with E-state index in [9.17, 15) is 4.79 Å². The Morgan fingerprint density at radius 3 is 2.76 bits per heavy atom. The van der Waals surface area contributed by atoms with E-state index in [1.807, 2.05) is 12.1 Å². The molecule has 1 fully saturated rings. The van der Waals surface area contributed by atoms with Gasteiger partial charge >= 0.3 is 0 Å². The van der Waals surface area contributed by atoms with Crippen LogP contribution in [0.25, 0.3) is 0 Å². The van der Waals surface area contributed by atoms with Gasteiger partial charge < -0.3 is 15.0 Å². The topological polar surface area (TPSA) is 54.5 Å². The van der Waals surface area contributed by atoms with Gasteiger partial charge in [-0.15, -0.1) is 0 Å². The Kier molecular flexibility index (Phi) is 5.89. The maximum atomic E-state index is 12.3. The van der Waals surface area contributed by atoms with Crippen LogP contribution in [0.15, 0.2) is 42.6 Å². The highest BCUT2D eigenvalue weighted by Crippen LogP contribution is 2.22. The Hall–Kier alpha value is -2.11. The summed E-state index contributed by atoms with van der Waals surface area (Å²) >= 11 is 5.93. The van der Waals surface area contributed by atoms with E-state index < -0.39 is 0 Å². The van der Waals surface area contributed by atoms with E-state index in [4.69, 9.17) is 16.3 Å². The highest BCUT2D eigenvalue weighted by atomic mass is 35.5. The Bertz CT molecular complexity index is 713. The van der Waals surface area contributed by atoms with Crippen LogP contribution in [0.1, 0.15) is 23.2 Å². The molecule has 5 nitrogen and oxygen atoms in total. The summed E-state index contributed by atoms with van der Waals surface area (Å²) in [6.45, 7) is 2.76. The second-order valence-electron chi connectivity index (χ2n) is 6.26. The molecule has 1 N–H and O–H groups in total. The minimum absolute atomic E-state index is 0.194. The number of pyridine rings is 1. The van der Waals surface area contributed by atoms with Crippen molar-refractivity contribution in [1.82, 2.24) is 4.98 Å². The van der Waals surface area contributed by atoms with Crippen LogP contribution in [0.3, 0.4) is 0 Å². The van der Waals surface area contributed by atoms with Crippen molar-refractivity contribution < 1.29 is 9.53 Å². The van der Waals surface area contributed by atoms with Gasteiger partial charge in [0.15, 0.2) is 0 Å². The summed E-state index contributed by atoms with van der Waals surface area (Å²) < 4.78 is 5.23. The van der Waals surface area contributed by atoms with Crippen molar-refractivity contribution in [3.63, 3.8) is 0 Å². The molecule has 0 saturated carbocycles. The van der Waals surface area contributed by atoms with Crippen molar-refractivity contribution in [3.05, 3.63) is 53.2 Å². The predicted molar refractivity (Wildman–Crippen MR) is 100 cm³/mol. The summed E-state index contributed by atoms with van der Waals surface area (Å²) in [5.41, 5.74) is 1.19. The molecule has 6 heteroatoms. The van der Waals surface area contributed by atoms with Gasteiger partial charge in [-0.3, -0.25) is 4.79 Å². The summed E-state index contributed by atoms with van der Waals surface area (Å²) in [7, 11) is 1.75. The van der Waals surface area contributed by atoms with Crippen LogP contribution >= 0.6 is 11.6 Å². The van der Waals surface area contributed by atoms with Gasteiger partial charge in [0.1, 0.15) is 5.82 Å². The molecule has 0 aliphatic carbocycles. The Labute approximate surface area is 153 Å². The first-order valence-corrected chi connectivity index (χ1v) is 8.80. The number of halogens is 1. The molecular weight excluding hydrogens is 338 g/mol. The van der Waals surface area contributed by atoms with Gasteiger partial charge in [-0.05, 0) is 49.1 Å². The lowest BCUT2D eigenvalue weighted by molar-refractivity contribution is 0.102. The first kappa shape index (κ1) is 17.7. The number of nitrogens with one attached hydrogen (secondary N) is 1. The molecule has 25 heavy (non-hydrogen) atoms. The van der Waals surface area contributed by atoms with Crippen molar-refractivity contribution in [3.8, 4) is 0 Å². The molecular formula is C19H22ClN3O2. The predicted octanol–water partition coefficient (Wildman–Crippen LogP) is 3.85.